The molecule has 0 atom stereocenters. The Balaban J connectivity index is 1.74. The fourth-order valence-electron chi connectivity index (χ4n) is 4.11. The molecule has 0 saturated carbocycles. The van der Waals surface area contributed by atoms with Crippen LogP contribution < -0.4 is 15.6 Å². The Bertz CT molecular complexity index is 1360. The highest BCUT2D eigenvalue weighted by Gasteiger charge is 2.19. The van der Waals surface area contributed by atoms with Gasteiger partial charge in [-0.15, -0.1) is 0 Å². The van der Waals surface area contributed by atoms with E-state index in [1.54, 1.807) is 31.3 Å². The van der Waals surface area contributed by atoms with Crippen molar-refractivity contribution < 1.29 is 13.2 Å². The number of nitrogens with one attached hydrogen (secondary N) is 1. The maximum Gasteiger partial charge on any atom is 0.264 e. The van der Waals surface area contributed by atoms with Crippen LogP contribution in [0.2, 0.25) is 0 Å². The van der Waals surface area contributed by atoms with Gasteiger partial charge in [-0.3, -0.25) is 9.69 Å². The van der Waals surface area contributed by atoms with Crippen LogP contribution in [0.4, 0.5) is 5.82 Å². The Morgan fingerprint density at radius 3 is 2.59 bits per heavy atom. The average molecular weight is 486 g/mol. The Morgan fingerprint density at radius 2 is 1.91 bits per heavy atom. The van der Waals surface area contributed by atoms with E-state index >= 15 is 0 Å². The van der Waals surface area contributed by atoms with Crippen LogP contribution >= 0.6 is 0 Å². The Kier molecular flexibility index (Phi) is 6.90. The third-order valence-corrected chi connectivity index (χ3v) is 6.95. The van der Waals surface area contributed by atoms with Gasteiger partial charge in [-0.05, 0) is 64.0 Å². The molecule has 34 heavy (non-hydrogen) atoms. The quantitative estimate of drug-likeness (QED) is 0.519. The van der Waals surface area contributed by atoms with Crippen molar-refractivity contribution in [2.45, 2.75) is 37.6 Å². The summed E-state index contributed by atoms with van der Waals surface area (Å²) in [4.78, 5) is 24.2. The summed E-state index contributed by atoms with van der Waals surface area (Å²) in [5.74, 6) is 0.752. The summed E-state index contributed by atoms with van der Waals surface area (Å²) >= 11 is 0. The summed E-state index contributed by atoms with van der Waals surface area (Å²) in [7, 11) is -1.91. The molecule has 1 saturated heterocycles. The van der Waals surface area contributed by atoms with Gasteiger partial charge in [-0.2, -0.15) is 0 Å². The molecule has 3 aromatic rings. The zero-order valence-electron chi connectivity index (χ0n) is 20.0. The van der Waals surface area contributed by atoms with Crippen LogP contribution in [0.25, 0.3) is 22.2 Å². The molecule has 0 radical (unpaired) electrons. The van der Waals surface area contributed by atoms with E-state index in [4.69, 9.17) is 4.74 Å². The van der Waals surface area contributed by atoms with Crippen LogP contribution in [0.1, 0.15) is 26.7 Å². The number of ether oxygens (including phenoxy) is 1. The Morgan fingerprint density at radius 1 is 1.18 bits per heavy atom. The van der Waals surface area contributed by atoms with Crippen LogP contribution in [-0.4, -0.2) is 66.4 Å². The number of nitrogens with zero attached hydrogens (tertiary/aromatic N) is 4. The molecule has 3 heterocycles. The highest BCUT2D eigenvalue weighted by atomic mass is 32.2. The van der Waals surface area contributed by atoms with E-state index < -0.39 is 9.84 Å². The lowest BCUT2D eigenvalue weighted by Gasteiger charge is -2.17. The molecule has 182 valence electrons. The first kappa shape index (κ1) is 24.2. The van der Waals surface area contributed by atoms with E-state index in [9.17, 15) is 13.2 Å². The molecule has 1 aliphatic rings. The molecule has 0 unspecified atom stereocenters. The average Bonchev–Trinajstić information content (AvgIpc) is 3.28. The topological polar surface area (TPSA) is 106 Å². The Labute approximate surface area is 199 Å². The van der Waals surface area contributed by atoms with Gasteiger partial charge in [0, 0.05) is 31.5 Å². The third-order valence-electron chi connectivity index (χ3n) is 5.83. The smallest absolute Gasteiger partial charge is 0.264 e. The van der Waals surface area contributed by atoms with E-state index in [0.29, 0.717) is 40.3 Å². The number of aromatic nitrogens is 3. The first-order chi connectivity index (χ1) is 16.1. The number of hydrogen-bond donors (Lipinski definition) is 1. The number of benzene rings is 1. The van der Waals surface area contributed by atoms with Gasteiger partial charge in [0.15, 0.2) is 9.84 Å². The molecule has 0 aliphatic carbocycles. The molecule has 4 rings (SSSR count). The standard InChI is InChI=1S/C24H31N5O4S/c1-16(2)26-23-22-19(25-15-28(3)24(22)30)14-18(27-23)17-7-8-20(21(13-17)34(4,31)32)33-12-11-29-9-5-6-10-29/h7-8,13-16H,5-6,9-12H2,1-4H3,(H,26,27). The minimum absolute atomic E-state index is 0.0359. The second-order valence-corrected chi connectivity index (χ2v) is 11.0. The number of sulfone groups is 1. The molecular weight excluding hydrogens is 454 g/mol. The van der Waals surface area contributed by atoms with Gasteiger partial charge in [0.05, 0.1) is 17.5 Å². The number of pyridine rings is 1. The molecule has 0 amide bonds. The molecule has 2 aromatic heterocycles. The van der Waals surface area contributed by atoms with Crippen molar-refractivity contribution in [2.75, 3.05) is 37.8 Å². The molecule has 1 aromatic carbocycles. The maximum atomic E-state index is 12.7. The largest absolute Gasteiger partial charge is 0.491 e. The first-order valence-electron chi connectivity index (χ1n) is 11.5. The van der Waals surface area contributed by atoms with Crippen molar-refractivity contribution in [3.8, 4) is 17.0 Å². The number of aryl methyl sites for hydroxylation is 1. The van der Waals surface area contributed by atoms with Gasteiger partial charge in [0.25, 0.3) is 5.56 Å². The fraction of sp³-hybridized carbons (Fsp3) is 0.458. The van der Waals surface area contributed by atoms with Crippen molar-refractivity contribution in [1.29, 1.82) is 0 Å². The van der Waals surface area contributed by atoms with E-state index in [2.05, 4.69) is 20.2 Å². The number of rotatable bonds is 8. The van der Waals surface area contributed by atoms with Gasteiger partial charge in [0.1, 0.15) is 28.5 Å². The molecule has 9 nitrogen and oxygen atoms in total. The predicted molar refractivity (Wildman–Crippen MR) is 133 cm³/mol. The number of anilines is 1. The highest BCUT2D eigenvalue weighted by Crippen LogP contribution is 2.31. The molecule has 0 bridgehead atoms. The predicted octanol–water partition coefficient (Wildman–Crippen LogP) is 2.69. The van der Waals surface area contributed by atoms with Crippen molar-refractivity contribution in [1.82, 2.24) is 19.4 Å². The molecule has 10 heteroatoms. The number of hydrogen-bond acceptors (Lipinski definition) is 8. The Hall–Kier alpha value is -2.98. The van der Waals surface area contributed by atoms with Gasteiger partial charge >= 0.3 is 0 Å². The first-order valence-corrected chi connectivity index (χ1v) is 13.3. The van der Waals surface area contributed by atoms with Crippen molar-refractivity contribution in [3.05, 3.63) is 40.9 Å². The van der Waals surface area contributed by atoms with Crippen LogP contribution in [0.5, 0.6) is 5.75 Å². The lowest BCUT2D eigenvalue weighted by Crippen LogP contribution is -2.25. The third kappa shape index (κ3) is 5.23. The van der Waals surface area contributed by atoms with Crippen LogP contribution in [0, 0.1) is 0 Å². The molecular formula is C24H31N5O4S. The number of likely N-dealkylation sites (tertiary alicyclic amines) is 1. The maximum absolute atomic E-state index is 12.7. The lowest BCUT2D eigenvalue weighted by atomic mass is 10.1. The van der Waals surface area contributed by atoms with E-state index in [-0.39, 0.29) is 16.5 Å². The summed E-state index contributed by atoms with van der Waals surface area (Å²) in [5, 5.41) is 3.62. The van der Waals surface area contributed by atoms with Gasteiger partial charge in [-0.1, -0.05) is 0 Å². The van der Waals surface area contributed by atoms with Gasteiger partial charge in [0.2, 0.25) is 0 Å². The molecule has 1 fully saturated rings. The van der Waals surface area contributed by atoms with E-state index in [0.717, 1.165) is 19.6 Å². The lowest BCUT2D eigenvalue weighted by molar-refractivity contribution is 0.234. The summed E-state index contributed by atoms with van der Waals surface area (Å²) in [6.07, 6.45) is 5.02. The van der Waals surface area contributed by atoms with Crippen molar-refractivity contribution in [2.24, 2.45) is 7.05 Å². The zero-order chi connectivity index (χ0) is 24.5. The molecule has 1 N–H and O–H groups in total. The summed E-state index contributed by atoms with van der Waals surface area (Å²) in [6, 6.07) is 6.78. The highest BCUT2D eigenvalue weighted by molar-refractivity contribution is 7.90. The summed E-state index contributed by atoms with van der Waals surface area (Å²) in [6.45, 7) is 7.21. The van der Waals surface area contributed by atoms with Crippen LogP contribution in [0.15, 0.2) is 40.3 Å². The second-order valence-electron chi connectivity index (χ2n) is 9.04. The minimum atomic E-state index is -3.55. The minimum Gasteiger partial charge on any atom is -0.491 e. The monoisotopic (exact) mass is 485 g/mol. The number of fused-ring (bicyclic) bond motifs is 1. The zero-order valence-corrected chi connectivity index (χ0v) is 20.9. The van der Waals surface area contributed by atoms with E-state index in [1.165, 1.54) is 30.0 Å². The van der Waals surface area contributed by atoms with Crippen molar-refractivity contribution in [3.63, 3.8) is 0 Å². The summed E-state index contributed by atoms with van der Waals surface area (Å²) < 4.78 is 32.5. The molecule has 0 spiro atoms. The van der Waals surface area contributed by atoms with E-state index in [1.807, 2.05) is 13.8 Å². The van der Waals surface area contributed by atoms with Gasteiger partial charge < -0.3 is 14.6 Å². The second kappa shape index (κ2) is 9.71. The van der Waals surface area contributed by atoms with Crippen LogP contribution in [0.3, 0.4) is 0 Å². The fourth-order valence-corrected chi connectivity index (χ4v) is 4.95. The molecule has 1 aliphatic heterocycles. The van der Waals surface area contributed by atoms with Gasteiger partial charge in [-0.25, -0.2) is 18.4 Å². The van der Waals surface area contributed by atoms with Crippen LogP contribution in [-0.2, 0) is 16.9 Å². The SMILES string of the molecule is CC(C)Nc1nc(-c2ccc(OCCN3CCCC3)c(S(C)(=O)=O)c2)cc2ncn(C)c(=O)c12. The normalized spacial score (nSPS) is 14.7. The van der Waals surface area contributed by atoms with Crippen molar-refractivity contribution >= 4 is 26.6 Å². The summed E-state index contributed by atoms with van der Waals surface area (Å²) in [5.41, 5.74) is 1.40.